The molecule has 0 atom stereocenters. The van der Waals surface area contributed by atoms with Crippen LogP contribution in [0.1, 0.15) is 22.8 Å². The van der Waals surface area contributed by atoms with E-state index in [2.05, 4.69) is 4.72 Å². The molecule has 0 unspecified atom stereocenters. The molecule has 150 valence electrons. The van der Waals surface area contributed by atoms with Gasteiger partial charge in [0.2, 0.25) is 10.0 Å². The van der Waals surface area contributed by atoms with Crippen molar-refractivity contribution in [3.05, 3.63) is 57.6 Å². The zero-order valence-corrected chi connectivity index (χ0v) is 17.3. The Morgan fingerprint density at radius 2 is 1.79 bits per heavy atom. The summed E-state index contributed by atoms with van der Waals surface area (Å²) in [4.78, 5) is 23.3. The number of carbonyl (C=O) groups is 2. The highest BCUT2D eigenvalue weighted by molar-refractivity contribution is 7.89. The third kappa shape index (κ3) is 5.68. The Hall–Kier alpha value is -2.13. The normalized spacial score (nSPS) is 11.1. The van der Waals surface area contributed by atoms with E-state index in [1.807, 2.05) is 0 Å². The predicted octanol–water partition coefficient (Wildman–Crippen LogP) is 3.23. The fraction of sp³-hybridized carbons (Fsp3) is 0.222. The smallest absolute Gasteiger partial charge is 0.321 e. The van der Waals surface area contributed by atoms with E-state index in [4.69, 9.17) is 32.7 Å². The van der Waals surface area contributed by atoms with E-state index in [1.54, 1.807) is 18.2 Å². The molecular weight excluding hydrogens is 429 g/mol. The van der Waals surface area contributed by atoms with Crippen LogP contribution >= 0.6 is 23.2 Å². The standard InChI is InChI=1S/C18H17Cl2NO6S/c1-11(22)12-3-6-17(26-2)13(7-12)10-27-18(23)9-21-28(24,25)14-4-5-15(19)16(20)8-14/h3-8,21H,9-10H2,1-2H3. The van der Waals surface area contributed by atoms with E-state index in [9.17, 15) is 18.0 Å². The molecule has 0 spiro atoms. The highest BCUT2D eigenvalue weighted by atomic mass is 35.5. The molecule has 28 heavy (non-hydrogen) atoms. The molecular formula is C18H17Cl2NO6S. The molecule has 0 bridgehead atoms. The Kier molecular flexibility index (Phi) is 7.42. The molecule has 10 heteroatoms. The largest absolute Gasteiger partial charge is 0.496 e. The van der Waals surface area contributed by atoms with Crippen molar-refractivity contribution in [1.29, 1.82) is 0 Å². The van der Waals surface area contributed by atoms with Gasteiger partial charge in [0, 0.05) is 11.1 Å². The van der Waals surface area contributed by atoms with Crippen molar-refractivity contribution in [3.8, 4) is 5.75 Å². The van der Waals surface area contributed by atoms with Crippen LogP contribution in [0.25, 0.3) is 0 Å². The lowest BCUT2D eigenvalue weighted by molar-refractivity contribution is -0.143. The van der Waals surface area contributed by atoms with Gasteiger partial charge in [-0.25, -0.2) is 8.42 Å². The third-order valence-electron chi connectivity index (χ3n) is 3.68. The van der Waals surface area contributed by atoms with Crippen LogP contribution in [0, 0.1) is 0 Å². The Morgan fingerprint density at radius 3 is 2.39 bits per heavy atom. The fourth-order valence-corrected chi connectivity index (χ4v) is 3.56. The summed E-state index contributed by atoms with van der Waals surface area (Å²) in [6.45, 7) is 0.643. The van der Waals surface area contributed by atoms with E-state index in [1.165, 1.54) is 32.2 Å². The van der Waals surface area contributed by atoms with Crippen molar-refractivity contribution in [2.24, 2.45) is 0 Å². The first-order valence-electron chi connectivity index (χ1n) is 7.92. The molecule has 0 aliphatic rings. The lowest BCUT2D eigenvalue weighted by Crippen LogP contribution is -2.30. The van der Waals surface area contributed by atoms with Gasteiger partial charge >= 0.3 is 5.97 Å². The van der Waals surface area contributed by atoms with E-state index >= 15 is 0 Å². The molecule has 2 aromatic rings. The highest BCUT2D eigenvalue weighted by Gasteiger charge is 2.18. The van der Waals surface area contributed by atoms with Crippen molar-refractivity contribution in [3.63, 3.8) is 0 Å². The van der Waals surface area contributed by atoms with Gasteiger partial charge in [-0.3, -0.25) is 9.59 Å². The van der Waals surface area contributed by atoms with Gasteiger partial charge in [0.05, 0.1) is 22.1 Å². The summed E-state index contributed by atoms with van der Waals surface area (Å²) in [6, 6.07) is 8.51. The minimum Gasteiger partial charge on any atom is -0.496 e. The molecule has 0 amide bonds. The highest BCUT2D eigenvalue weighted by Crippen LogP contribution is 2.25. The molecule has 0 saturated heterocycles. The second kappa shape index (κ2) is 9.38. The topological polar surface area (TPSA) is 98.8 Å². The molecule has 2 rings (SSSR count). The number of hydrogen-bond acceptors (Lipinski definition) is 6. The quantitative estimate of drug-likeness (QED) is 0.494. The van der Waals surface area contributed by atoms with E-state index in [0.29, 0.717) is 16.9 Å². The van der Waals surface area contributed by atoms with Gasteiger partial charge in [-0.2, -0.15) is 4.72 Å². The number of ketones is 1. The first kappa shape index (κ1) is 22.2. The second-order valence-electron chi connectivity index (χ2n) is 5.64. The number of ether oxygens (including phenoxy) is 2. The van der Waals surface area contributed by atoms with Gasteiger partial charge in [-0.1, -0.05) is 23.2 Å². The van der Waals surface area contributed by atoms with Crippen molar-refractivity contribution in [1.82, 2.24) is 4.72 Å². The first-order chi connectivity index (χ1) is 13.1. The maximum Gasteiger partial charge on any atom is 0.321 e. The summed E-state index contributed by atoms with van der Waals surface area (Å²) >= 11 is 11.6. The Bertz CT molecular complexity index is 1010. The van der Waals surface area contributed by atoms with Crippen molar-refractivity contribution in [2.75, 3.05) is 13.7 Å². The average Bonchev–Trinajstić information content (AvgIpc) is 2.66. The number of halogens is 2. The molecule has 0 aliphatic carbocycles. The summed E-state index contributed by atoms with van der Waals surface area (Å²) in [5.41, 5.74) is 0.919. The zero-order valence-electron chi connectivity index (χ0n) is 15.0. The fourth-order valence-electron chi connectivity index (χ4n) is 2.20. The van der Waals surface area contributed by atoms with Crippen LogP contribution < -0.4 is 9.46 Å². The van der Waals surface area contributed by atoms with Crippen LogP contribution in [0.5, 0.6) is 5.75 Å². The summed E-state index contributed by atoms with van der Waals surface area (Å²) < 4.78 is 36.8. The summed E-state index contributed by atoms with van der Waals surface area (Å²) in [6.07, 6.45) is 0. The average molecular weight is 446 g/mol. The van der Waals surface area contributed by atoms with Crippen LogP contribution in [0.2, 0.25) is 10.0 Å². The van der Waals surface area contributed by atoms with Gasteiger partial charge in [0.25, 0.3) is 0 Å². The summed E-state index contributed by atoms with van der Waals surface area (Å²) in [5, 5.41) is 0.284. The van der Waals surface area contributed by atoms with Gasteiger partial charge in [0.15, 0.2) is 5.78 Å². The maximum absolute atomic E-state index is 12.2. The summed E-state index contributed by atoms with van der Waals surface area (Å²) in [7, 11) is -2.53. The van der Waals surface area contributed by atoms with Crippen molar-refractivity contribution in [2.45, 2.75) is 18.4 Å². The number of nitrogens with one attached hydrogen (secondary N) is 1. The van der Waals surface area contributed by atoms with Gasteiger partial charge in [0.1, 0.15) is 18.9 Å². The molecule has 0 aliphatic heterocycles. The molecule has 0 saturated carbocycles. The van der Waals surface area contributed by atoms with Crippen LogP contribution in [0.15, 0.2) is 41.3 Å². The second-order valence-corrected chi connectivity index (χ2v) is 8.23. The minimum atomic E-state index is -3.97. The number of esters is 1. The van der Waals surface area contributed by atoms with E-state index < -0.39 is 22.5 Å². The minimum absolute atomic E-state index is 0.0737. The Balaban J connectivity index is 2.00. The molecule has 1 N–H and O–H groups in total. The number of methoxy groups -OCH3 is 1. The van der Waals surface area contributed by atoms with Crippen LogP contribution in [0.4, 0.5) is 0 Å². The van der Waals surface area contributed by atoms with Gasteiger partial charge in [-0.15, -0.1) is 0 Å². The SMILES string of the molecule is COc1ccc(C(C)=O)cc1COC(=O)CNS(=O)(=O)c1ccc(Cl)c(Cl)c1. The monoisotopic (exact) mass is 445 g/mol. The molecule has 0 aromatic heterocycles. The number of sulfonamides is 1. The van der Waals surface area contributed by atoms with Crippen molar-refractivity contribution >= 4 is 45.0 Å². The van der Waals surface area contributed by atoms with E-state index in [0.717, 1.165) is 0 Å². The van der Waals surface area contributed by atoms with Crippen LogP contribution in [-0.2, 0) is 26.2 Å². The maximum atomic E-state index is 12.2. The number of hydrogen-bond donors (Lipinski definition) is 1. The summed E-state index contributed by atoms with van der Waals surface area (Å²) in [5.74, 6) is -0.516. The van der Waals surface area contributed by atoms with Crippen LogP contribution in [0.3, 0.4) is 0 Å². The molecule has 7 nitrogen and oxygen atoms in total. The third-order valence-corrected chi connectivity index (χ3v) is 5.82. The Morgan fingerprint density at radius 1 is 1.07 bits per heavy atom. The van der Waals surface area contributed by atoms with Gasteiger partial charge < -0.3 is 9.47 Å². The van der Waals surface area contributed by atoms with E-state index in [-0.39, 0.29) is 27.3 Å². The lowest BCUT2D eigenvalue weighted by atomic mass is 10.1. The zero-order chi connectivity index (χ0) is 20.9. The van der Waals surface area contributed by atoms with Crippen molar-refractivity contribution < 1.29 is 27.5 Å². The number of carbonyl (C=O) groups excluding carboxylic acids is 2. The van der Waals surface area contributed by atoms with Crippen LogP contribution in [-0.4, -0.2) is 33.8 Å². The lowest BCUT2D eigenvalue weighted by Gasteiger charge is -2.11. The number of benzene rings is 2. The predicted molar refractivity (Wildman–Crippen MR) is 104 cm³/mol. The molecule has 2 aromatic carbocycles. The van der Waals surface area contributed by atoms with Gasteiger partial charge in [-0.05, 0) is 43.3 Å². The molecule has 0 heterocycles. The molecule has 0 fully saturated rings. The Labute approximate surface area is 172 Å². The molecule has 0 radical (unpaired) electrons. The first-order valence-corrected chi connectivity index (χ1v) is 10.2. The number of Topliss-reactive ketones (excluding diaryl/α,β-unsaturated/α-hetero) is 1. The number of rotatable bonds is 8.